The van der Waals surface area contributed by atoms with Crippen molar-refractivity contribution in [3.8, 4) is 5.88 Å². The van der Waals surface area contributed by atoms with Gasteiger partial charge in [-0.1, -0.05) is 34.7 Å². The predicted molar refractivity (Wildman–Crippen MR) is 56.3 cm³/mol. The molecule has 62 valence electrons. The number of pyridine rings is 1. The van der Waals surface area contributed by atoms with Crippen molar-refractivity contribution in [3.05, 3.63) is 29.5 Å². The summed E-state index contributed by atoms with van der Waals surface area (Å²) in [6.45, 7) is 0. The van der Waals surface area contributed by atoms with E-state index < -0.39 is 0 Å². The van der Waals surface area contributed by atoms with Crippen LogP contribution in [0.15, 0.2) is 18.3 Å². The molecule has 1 N–H and O–H groups in total. The Morgan fingerprint density at radius 2 is 2.42 bits per heavy atom. The smallest absolute Gasteiger partial charge is 0.215 e. The fraction of sp³-hybridized carbons (Fsp3) is 0.222. The van der Waals surface area contributed by atoms with Crippen molar-refractivity contribution in [1.29, 1.82) is 0 Å². The van der Waals surface area contributed by atoms with Crippen molar-refractivity contribution in [2.45, 2.75) is 10.3 Å². The van der Waals surface area contributed by atoms with Crippen LogP contribution in [0.25, 0.3) is 6.08 Å². The number of rotatable bonds is 0. The Bertz CT molecular complexity index is 335. The van der Waals surface area contributed by atoms with Crippen LogP contribution in [-0.2, 0) is 0 Å². The van der Waals surface area contributed by atoms with Gasteiger partial charge in [-0.2, -0.15) is 0 Å². The van der Waals surface area contributed by atoms with Crippen LogP contribution in [0.4, 0.5) is 0 Å². The minimum Gasteiger partial charge on any atom is -0.493 e. The van der Waals surface area contributed by atoms with E-state index in [0.717, 1.165) is 17.5 Å². The van der Waals surface area contributed by atoms with Crippen LogP contribution in [0.3, 0.4) is 0 Å². The van der Waals surface area contributed by atoms with E-state index in [1.54, 1.807) is 6.20 Å². The quantitative estimate of drug-likeness (QED) is 0.582. The third kappa shape index (κ3) is 1.22. The third-order valence-electron chi connectivity index (χ3n) is 1.96. The molecule has 3 heteroatoms. The summed E-state index contributed by atoms with van der Waals surface area (Å²) in [6, 6.07) is 1.93. The third-order valence-corrected chi connectivity index (χ3v) is 3.09. The molecule has 0 aliphatic heterocycles. The topological polar surface area (TPSA) is 33.1 Å². The number of nitrogens with zero attached hydrogens (tertiary/aromatic N) is 1. The van der Waals surface area contributed by atoms with Crippen LogP contribution >= 0.6 is 22.6 Å². The summed E-state index contributed by atoms with van der Waals surface area (Å²) in [5.74, 6) is 0.177. The highest BCUT2D eigenvalue weighted by Gasteiger charge is 2.17. The lowest BCUT2D eigenvalue weighted by Gasteiger charge is -2.16. The van der Waals surface area contributed by atoms with E-state index in [1.807, 2.05) is 12.1 Å². The number of halogens is 1. The van der Waals surface area contributed by atoms with Crippen molar-refractivity contribution in [2.75, 3.05) is 0 Å². The van der Waals surface area contributed by atoms with Gasteiger partial charge in [-0.25, -0.2) is 4.98 Å². The first-order valence-corrected chi connectivity index (χ1v) is 5.02. The molecule has 0 saturated carbocycles. The van der Waals surface area contributed by atoms with Gasteiger partial charge in [-0.15, -0.1) is 0 Å². The predicted octanol–water partition coefficient (Wildman–Crippen LogP) is 2.68. The van der Waals surface area contributed by atoms with Crippen LogP contribution in [0.5, 0.6) is 5.88 Å². The zero-order valence-electron chi connectivity index (χ0n) is 6.37. The number of aromatic nitrogens is 1. The van der Waals surface area contributed by atoms with Gasteiger partial charge in [0.1, 0.15) is 0 Å². The lowest BCUT2D eigenvalue weighted by molar-refractivity contribution is 0.445. The maximum Gasteiger partial charge on any atom is 0.215 e. The first kappa shape index (κ1) is 8.04. The molecule has 0 amide bonds. The summed E-state index contributed by atoms with van der Waals surface area (Å²) in [4.78, 5) is 3.86. The average molecular weight is 273 g/mol. The van der Waals surface area contributed by atoms with Crippen molar-refractivity contribution in [3.63, 3.8) is 0 Å². The van der Waals surface area contributed by atoms with E-state index in [4.69, 9.17) is 0 Å². The van der Waals surface area contributed by atoms with Crippen molar-refractivity contribution in [2.24, 2.45) is 0 Å². The summed E-state index contributed by atoms with van der Waals surface area (Å²) >= 11 is 2.32. The molecule has 2 rings (SSSR count). The molecule has 1 aromatic rings. The molecule has 0 radical (unpaired) electrons. The largest absolute Gasteiger partial charge is 0.493 e. The van der Waals surface area contributed by atoms with Gasteiger partial charge in [0.25, 0.3) is 0 Å². The Morgan fingerprint density at radius 1 is 1.58 bits per heavy atom. The summed E-state index contributed by atoms with van der Waals surface area (Å²) in [6.07, 6.45) is 6.77. The molecule has 1 aliphatic rings. The van der Waals surface area contributed by atoms with Gasteiger partial charge in [-0.05, 0) is 18.1 Å². The molecule has 1 aromatic heterocycles. The summed E-state index contributed by atoms with van der Waals surface area (Å²) < 4.78 is 0.358. The second-order valence-electron chi connectivity index (χ2n) is 2.74. The highest BCUT2D eigenvalue weighted by molar-refractivity contribution is 14.1. The molecule has 1 heterocycles. The highest BCUT2D eigenvalue weighted by Crippen LogP contribution is 2.38. The maximum absolute atomic E-state index is 9.48. The Kier molecular flexibility index (Phi) is 2.04. The van der Waals surface area contributed by atoms with Gasteiger partial charge in [0.05, 0.1) is 0 Å². The van der Waals surface area contributed by atoms with Crippen LogP contribution in [0, 0.1) is 0 Å². The van der Waals surface area contributed by atoms with E-state index in [0.29, 0.717) is 3.92 Å². The van der Waals surface area contributed by atoms with E-state index in [-0.39, 0.29) is 5.88 Å². The van der Waals surface area contributed by atoms with Gasteiger partial charge < -0.3 is 5.11 Å². The molecular weight excluding hydrogens is 265 g/mol. The molecule has 0 fully saturated rings. The molecule has 2 nitrogen and oxygen atoms in total. The second-order valence-corrected chi connectivity index (χ2v) is 4.25. The Morgan fingerprint density at radius 3 is 3.17 bits per heavy atom. The van der Waals surface area contributed by atoms with Crippen LogP contribution in [0.1, 0.15) is 21.5 Å². The van der Waals surface area contributed by atoms with Crippen molar-refractivity contribution >= 4 is 28.7 Å². The van der Waals surface area contributed by atoms with E-state index in [2.05, 4.69) is 33.7 Å². The number of alkyl halides is 1. The summed E-state index contributed by atoms with van der Waals surface area (Å²) in [5.41, 5.74) is 2.06. The first-order valence-electron chi connectivity index (χ1n) is 3.77. The van der Waals surface area contributed by atoms with Gasteiger partial charge in [0.15, 0.2) is 0 Å². The van der Waals surface area contributed by atoms with E-state index in [9.17, 15) is 5.11 Å². The van der Waals surface area contributed by atoms with Gasteiger partial charge in [0, 0.05) is 15.7 Å². The van der Waals surface area contributed by atoms with Crippen LogP contribution in [0.2, 0.25) is 0 Å². The second kappa shape index (κ2) is 3.05. The van der Waals surface area contributed by atoms with Crippen LogP contribution < -0.4 is 0 Å². The first-order chi connectivity index (χ1) is 5.79. The summed E-state index contributed by atoms with van der Waals surface area (Å²) in [5, 5.41) is 9.48. The number of aromatic hydroxyl groups is 1. The normalized spacial score (nSPS) is 20.6. The molecular formula is C9H8INO. The molecule has 1 aliphatic carbocycles. The number of hydrogen-bond donors (Lipinski definition) is 1. The van der Waals surface area contributed by atoms with Gasteiger partial charge >= 0.3 is 0 Å². The Balaban J connectivity index is 2.62. The molecule has 1 unspecified atom stereocenters. The molecule has 0 aromatic carbocycles. The molecule has 1 atom stereocenters. The van der Waals surface area contributed by atoms with Crippen LogP contribution in [-0.4, -0.2) is 10.1 Å². The lowest BCUT2D eigenvalue weighted by atomic mass is 9.99. The minimum absolute atomic E-state index is 0.177. The number of allylic oxidation sites excluding steroid dienone is 1. The minimum atomic E-state index is 0.177. The summed E-state index contributed by atoms with van der Waals surface area (Å²) in [7, 11) is 0. The fourth-order valence-corrected chi connectivity index (χ4v) is 2.31. The number of hydrogen-bond acceptors (Lipinski definition) is 2. The average Bonchev–Trinajstić information content (AvgIpc) is 2.04. The lowest BCUT2D eigenvalue weighted by Crippen LogP contribution is -1.98. The molecule has 0 spiro atoms. The molecule has 0 saturated heterocycles. The Hall–Kier alpha value is -0.580. The molecule has 12 heavy (non-hydrogen) atoms. The maximum atomic E-state index is 9.48. The number of fused-ring (bicyclic) bond motifs is 1. The zero-order valence-corrected chi connectivity index (χ0v) is 8.52. The Labute approximate surface area is 84.5 Å². The van der Waals surface area contributed by atoms with E-state index in [1.165, 1.54) is 0 Å². The monoisotopic (exact) mass is 273 g/mol. The fourth-order valence-electron chi connectivity index (χ4n) is 1.38. The van der Waals surface area contributed by atoms with Crippen molar-refractivity contribution < 1.29 is 5.11 Å². The SMILES string of the molecule is Oc1nccc2c1C(I)CC=C2. The zero-order chi connectivity index (χ0) is 8.55. The van der Waals surface area contributed by atoms with E-state index >= 15 is 0 Å². The molecule has 0 bridgehead atoms. The van der Waals surface area contributed by atoms with Gasteiger partial charge in [-0.3, -0.25) is 0 Å². The standard InChI is InChI=1S/C9H8INO/c10-7-3-1-2-6-4-5-11-9(12)8(6)7/h1-2,4-5,7H,3H2,(H,11,12). The van der Waals surface area contributed by atoms with Crippen molar-refractivity contribution in [1.82, 2.24) is 4.98 Å². The van der Waals surface area contributed by atoms with Gasteiger partial charge in [0.2, 0.25) is 5.88 Å². The highest BCUT2D eigenvalue weighted by atomic mass is 127.